The molecule has 156 valence electrons. The number of rotatable bonds is 5. The minimum absolute atomic E-state index is 0.118. The van der Waals surface area contributed by atoms with E-state index in [-0.39, 0.29) is 10.6 Å². The predicted octanol–water partition coefficient (Wildman–Crippen LogP) is 4.20. The first-order chi connectivity index (χ1) is 14.0. The maximum Gasteiger partial charge on any atom is 0.416 e. The zero-order valence-electron chi connectivity index (χ0n) is 15.5. The summed E-state index contributed by atoms with van der Waals surface area (Å²) in [6, 6.07) is 17.0. The molecule has 3 aromatic carbocycles. The van der Waals surface area contributed by atoms with Crippen LogP contribution in [0.25, 0.3) is 0 Å². The van der Waals surface area contributed by atoms with Crippen LogP contribution in [-0.4, -0.2) is 14.3 Å². The zero-order valence-corrected chi connectivity index (χ0v) is 16.3. The predicted molar refractivity (Wildman–Crippen MR) is 106 cm³/mol. The van der Waals surface area contributed by atoms with Crippen molar-refractivity contribution >= 4 is 21.6 Å². The summed E-state index contributed by atoms with van der Waals surface area (Å²) in [6.07, 6.45) is -3.96. The molecule has 0 unspecified atom stereocenters. The number of halogens is 3. The van der Waals surface area contributed by atoms with Crippen molar-refractivity contribution in [1.82, 2.24) is 0 Å². The molecule has 0 spiro atoms. The second-order valence-electron chi connectivity index (χ2n) is 6.60. The van der Waals surface area contributed by atoms with Gasteiger partial charge in [-0.3, -0.25) is 4.79 Å². The molecule has 0 radical (unpaired) electrons. The van der Waals surface area contributed by atoms with Crippen LogP contribution in [0.15, 0.2) is 77.7 Å². The Balaban J connectivity index is 1.67. The molecular formula is C21H17F3N2O3S. The number of carbonyl (C=O) groups excluding carboxylic acids is 1. The highest BCUT2D eigenvalue weighted by Gasteiger charge is 2.29. The molecule has 3 aromatic rings. The van der Waals surface area contributed by atoms with E-state index in [0.717, 1.165) is 17.7 Å². The van der Waals surface area contributed by atoms with Crippen LogP contribution in [0.4, 0.5) is 18.9 Å². The number of benzene rings is 3. The molecule has 9 heteroatoms. The van der Waals surface area contributed by atoms with E-state index < -0.39 is 27.7 Å². The average molecular weight is 434 g/mol. The van der Waals surface area contributed by atoms with Gasteiger partial charge in [-0.15, -0.1) is 0 Å². The van der Waals surface area contributed by atoms with Crippen LogP contribution in [0.3, 0.4) is 0 Å². The molecule has 0 aliphatic rings. The lowest BCUT2D eigenvalue weighted by Gasteiger charge is -2.09. The number of primary sulfonamides is 1. The van der Waals surface area contributed by atoms with Gasteiger partial charge < -0.3 is 5.32 Å². The minimum atomic E-state index is -4.37. The number of carbonyl (C=O) groups is 1. The van der Waals surface area contributed by atoms with Crippen LogP contribution in [-0.2, 0) is 22.6 Å². The highest BCUT2D eigenvalue weighted by molar-refractivity contribution is 7.89. The first kappa shape index (κ1) is 21.5. The molecule has 0 aromatic heterocycles. The van der Waals surface area contributed by atoms with Crippen molar-refractivity contribution in [3.63, 3.8) is 0 Å². The lowest BCUT2D eigenvalue weighted by atomic mass is 10.0. The molecule has 0 heterocycles. The van der Waals surface area contributed by atoms with Gasteiger partial charge in [-0.25, -0.2) is 13.6 Å². The van der Waals surface area contributed by atoms with E-state index in [1.165, 1.54) is 36.4 Å². The Bertz CT molecular complexity index is 1160. The molecule has 0 bridgehead atoms. The smallest absolute Gasteiger partial charge is 0.322 e. The Hall–Kier alpha value is -3.17. The first-order valence-corrected chi connectivity index (χ1v) is 10.3. The van der Waals surface area contributed by atoms with Gasteiger partial charge in [0.15, 0.2) is 0 Å². The molecular weight excluding hydrogens is 417 g/mol. The van der Waals surface area contributed by atoms with Gasteiger partial charge in [-0.05, 0) is 60.0 Å². The van der Waals surface area contributed by atoms with Crippen LogP contribution >= 0.6 is 0 Å². The van der Waals surface area contributed by atoms with E-state index in [0.29, 0.717) is 17.5 Å². The topological polar surface area (TPSA) is 89.3 Å². The minimum Gasteiger partial charge on any atom is -0.322 e. The summed E-state index contributed by atoms with van der Waals surface area (Å²) in [5, 5.41) is 7.68. The summed E-state index contributed by atoms with van der Waals surface area (Å²) in [4.78, 5) is 12.3. The second-order valence-corrected chi connectivity index (χ2v) is 8.16. The number of hydrogen-bond acceptors (Lipinski definition) is 3. The number of anilines is 1. The van der Waals surface area contributed by atoms with Gasteiger partial charge in [0, 0.05) is 11.3 Å². The van der Waals surface area contributed by atoms with Crippen molar-refractivity contribution in [2.45, 2.75) is 17.5 Å². The SMILES string of the molecule is NS(=O)(=O)c1cccc(NC(=O)c2ccc(Cc3ccc(C(F)(F)F)cc3)cc2)c1. The maximum absolute atomic E-state index is 12.6. The molecule has 1 amide bonds. The Morgan fingerprint density at radius 3 is 2.00 bits per heavy atom. The standard InChI is InChI=1S/C21H17F3N2O3S/c22-21(23,24)17-10-6-15(7-11-17)12-14-4-8-16(9-5-14)20(27)26-18-2-1-3-19(13-18)30(25,28)29/h1-11,13H,12H2,(H,26,27)(H2,25,28,29). The molecule has 0 aliphatic heterocycles. The first-order valence-electron chi connectivity index (χ1n) is 8.72. The number of amides is 1. The fraction of sp³-hybridized carbons (Fsp3) is 0.0952. The second kappa shape index (κ2) is 8.29. The summed E-state index contributed by atoms with van der Waals surface area (Å²) in [7, 11) is -3.89. The maximum atomic E-state index is 12.6. The molecule has 5 nitrogen and oxygen atoms in total. The number of nitrogens with two attached hydrogens (primary N) is 1. The highest BCUT2D eigenvalue weighted by atomic mass is 32.2. The van der Waals surface area contributed by atoms with E-state index in [1.54, 1.807) is 24.3 Å². The van der Waals surface area contributed by atoms with Gasteiger partial charge in [0.25, 0.3) is 5.91 Å². The summed E-state index contributed by atoms with van der Waals surface area (Å²) < 4.78 is 60.7. The Morgan fingerprint density at radius 1 is 0.900 bits per heavy atom. The molecule has 0 fully saturated rings. The largest absolute Gasteiger partial charge is 0.416 e. The van der Waals surface area contributed by atoms with Gasteiger partial charge in [0.2, 0.25) is 10.0 Å². The van der Waals surface area contributed by atoms with Gasteiger partial charge in [-0.1, -0.05) is 30.3 Å². The monoisotopic (exact) mass is 434 g/mol. The molecule has 3 rings (SSSR count). The van der Waals surface area contributed by atoms with Crippen LogP contribution in [0.1, 0.15) is 27.0 Å². The van der Waals surface area contributed by atoms with Gasteiger partial charge in [0.05, 0.1) is 10.5 Å². The van der Waals surface area contributed by atoms with Crippen molar-refractivity contribution in [3.8, 4) is 0 Å². The molecule has 0 aliphatic carbocycles. The number of alkyl halides is 3. The third-order valence-electron chi connectivity index (χ3n) is 4.33. The average Bonchev–Trinajstić information content (AvgIpc) is 2.68. The van der Waals surface area contributed by atoms with E-state index in [2.05, 4.69) is 5.32 Å². The van der Waals surface area contributed by atoms with Crippen LogP contribution in [0, 0.1) is 0 Å². The van der Waals surface area contributed by atoms with Gasteiger partial charge in [-0.2, -0.15) is 13.2 Å². The molecule has 30 heavy (non-hydrogen) atoms. The van der Waals surface area contributed by atoms with Crippen LogP contribution in [0.2, 0.25) is 0 Å². The van der Waals surface area contributed by atoms with Crippen LogP contribution in [0.5, 0.6) is 0 Å². The fourth-order valence-corrected chi connectivity index (χ4v) is 3.33. The fourth-order valence-electron chi connectivity index (χ4n) is 2.78. The summed E-state index contributed by atoms with van der Waals surface area (Å²) in [5.41, 5.74) is 1.44. The summed E-state index contributed by atoms with van der Waals surface area (Å²) >= 11 is 0. The Labute approximate surface area is 171 Å². The Kier molecular flexibility index (Phi) is 5.95. The molecule has 3 N–H and O–H groups in total. The van der Waals surface area contributed by atoms with E-state index >= 15 is 0 Å². The van der Waals surface area contributed by atoms with E-state index in [1.807, 2.05) is 0 Å². The lowest BCUT2D eigenvalue weighted by molar-refractivity contribution is -0.137. The van der Waals surface area contributed by atoms with Crippen LogP contribution < -0.4 is 10.5 Å². The van der Waals surface area contributed by atoms with Crippen molar-refractivity contribution in [2.75, 3.05) is 5.32 Å². The van der Waals surface area contributed by atoms with Gasteiger partial charge in [0.1, 0.15) is 0 Å². The summed E-state index contributed by atoms with van der Waals surface area (Å²) in [5.74, 6) is -0.442. The number of sulfonamides is 1. The van der Waals surface area contributed by atoms with Crippen molar-refractivity contribution in [2.24, 2.45) is 5.14 Å². The third-order valence-corrected chi connectivity index (χ3v) is 5.24. The molecule has 0 saturated heterocycles. The van der Waals surface area contributed by atoms with Crippen molar-refractivity contribution in [3.05, 3.63) is 95.1 Å². The highest BCUT2D eigenvalue weighted by Crippen LogP contribution is 2.29. The summed E-state index contributed by atoms with van der Waals surface area (Å²) in [6.45, 7) is 0. The number of nitrogens with one attached hydrogen (secondary N) is 1. The van der Waals surface area contributed by atoms with Crippen molar-refractivity contribution in [1.29, 1.82) is 0 Å². The quantitative estimate of drug-likeness (QED) is 0.631. The normalized spacial score (nSPS) is 11.9. The zero-order chi connectivity index (χ0) is 21.9. The third kappa shape index (κ3) is 5.46. The lowest BCUT2D eigenvalue weighted by Crippen LogP contribution is -2.14. The van der Waals surface area contributed by atoms with Crippen molar-refractivity contribution < 1.29 is 26.4 Å². The number of hydrogen-bond donors (Lipinski definition) is 2. The Morgan fingerprint density at radius 2 is 1.47 bits per heavy atom. The molecule has 0 atom stereocenters. The van der Waals surface area contributed by atoms with E-state index in [9.17, 15) is 26.4 Å². The molecule has 0 saturated carbocycles. The van der Waals surface area contributed by atoms with E-state index in [4.69, 9.17) is 5.14 Å². The van der Waals surface area contributed by atoms with Gasteiger partial charge >= 0.3 is 6.18 Å².